The Morgan fingerprint density at radius 1 is 1.38 bits per heavy atom. The molecule has 2 rings (SSSR count). The summed E-state index contributed by atoms with van der Waals surface area (Å²) in [5.74, 6) is -0.634. The first kappa shape index (κ1) is 20.4. The van der Waals surface area contributed by atoms with Gasteiger partial charge in [-0.3, -0.25) is 19.8 Å². The van der Waals surface area contributed by atoms with E-state index in [1.165, 1.54) is 17.0 Å². The Morgan fingerprint density at radius 2 is 2.04 bits per heavy atom. The average molecular weight is 395 g/mol. The number of piperazine rings is 1. The lowest BCUT2D eigenvalue weighted by molar-refractivity contribution is -0.384. The molecule has 0 bridgehead atoms. The number of hydrogen-bond acceptors (Lipinski definition) is 5. The molecule has 0 aromatic heterocycles. The number of nitro groups is 1. The second-order valence-electron chi connectivity index (χ2n) is 5.86. The Labute approximate surface area is 152 Å². The number of nitro benzene ring substituents is 1. The van der Waals surface area contributed by atoms with Crippen molar-refractivity contribution < 1.29 is 22.9 Å². The van der Waals surface area contributed by atoms with E-state index >= 15 is 0 Å². The van der Waals surface area contributed by atoms with Crippen LogP contribution in [0.3, 0.4) is 0 Å². The molecule has 1 aromatic rings. The van der Waals surface area contributed by atoms with Gasteiger partial charge in [0, 0.05) is 44.9 Å². The molecule has 7 nitrogen and oxygen atoms in total. The molecule has 0 saturated carbocycles. The molecular formula is C15H18ClF3N4O3. The maximum atomic E-state index is 13.3. The lowest BCUT2D eigenvalue weighted by Gasteiger charge is -2.35. The van der Waals surface area contributed by atoms with Gasteiger partial charge in [0.25, 0.3) is 5.69 Å². The summed E-state index contributed by atoms with van der Waals surface area (Å²) in [7, 11) is 0. The zero-order valence-electron chi connectivity index (χ0n) is 13.7. The third-order valence-corrected chi connectivity index (χ3v) is 4.41. The van der Waals surface area contributed by atoms with Crippen molar-refractivity contribution in [2.45, 2.75) is 18.6 Å². The van der Waals surface area contributed by atoms with Gasteiger partial charge in [-0.1, -0.05) is 17.7 Å². The monoisotopic (exact) mass is 394 g/mol. The molecule has 1 fully saturated rings. The number of benzene rings is 1. The van der Waals surface area contributed by atoms with Crippen molar-refractivity contribution >= 4 is 23.2 Å². The molecule has 1 saturated heterocycles. The lowest BCUT2D eigenvalue weighted by Crippen LogP contribution is -2.57. The molecule has 1 aromatic carbocycles. The zero-order valence-corrected chi connectivity index (χ0v) is 14.4. The second-order valence-corrected chi connectivity index (χ2v) is 6.26. The van der Waals surface area contributed by atoms with Crippen molar-refractivity contribution in [3.05, 3.63) is 38.9 Å². The quantitative estimate of drug-likeness (QED) is 0.567. The fourth-order valence-electron chi connectivity index (χ4n) is 2.68. The predicted octanol–water partition coefficient (Wildman–Crippen LogP) is 1.74. The van der Waals surface area contributed by atoms with Crippen LogP contribution in [0.15, 0.2) is 18.2 Å². The summed E-state index contributed by atoms with van der Waals surface area (Å²) in [6.07, 6.45) is -4.72. The van der Waals surface area contributed by atoms with Gasteiger partial charge in [0.1, 0.15) is 6.04 Å². The highest BCUT2D eigenvalue weighted by Gasteiger charge is 2.43. The highest BCUT2D eigenvalue weighted by atomic mass is 35.5. The summed E-state index contributed by atoms with van der Waals surface area (Å²) >= 11 is 5.89. The summed E-state index contributed by atoms with van der Waals surface area (Å²) < 4.78 is 39.8. The molecule has 0 radical (unpaired) electrons. The molecule has 1 aliphatic rings. The smallest absolute Gasteiger partial charge is 0.354 e. The van der Waals surface area contributed by atoms with Crippen LogP contribution in [0.5, 0.6) is 0 Å². The van der Waals surface area contributed by atoms with Crippen molar-refractivity contribution in [2.75, 3.05) is 32.7 Å². The van der Waals surface area contributed by atoms with E-state index in [9.17, 15) is 28.1 Å². The molecule has 11 heteroatoms. The standard InChI is InChI=1S/C15H18ClF3N4O3/c16-12-8-11(23(25)26)2-1-10(12)7-14(24)21-9-13(15(17,18)19)22-5-3-20-4-6-22/h1-2,8,13,20H,3-7,9H2,(H,21,24). The van der Waals surface area contributed by atoms with Crippen molar-refractivity contribution in [3.8, 4) is 0 Å². The third-order valence-electron chi connectivity index (χ3n) is 4.06. The van der Waals surface area contributed by atoms with Crippen molar-refractivity contribution in [3.63, 3.8) is 0 Å². The number of rotatable bonds is 6. The van der Waals surface area contributed by atoms with Crippen LogP contribution in [-0.2, 0) is 11.2 Å². The van der Waals surface area contributed by atoms with E-state index in [1.807, 2.05) is 0 Å². The van der Waals surface area contributed by atoms with E-state index in [1.54, 1.807) is 0 Å². The lowest BCUT2D eigenvalue weighted by atomic mass is 10.1. The normalized spacial score (nSPS) is 16.9. The molecule has 26 heavy (non-hydrogen) atoms. The van der Waals surface area contributed by atoms with Crippen LogP contribution in [-0.4, -0.2) is 60.7 Å². The van der Waals surface area contributed by atoms with E-state index in [0.29, 0.717) is 18.7 Å². The van der Waals surface area contributed by atoms with Gasteiger partial charge in [-0.15, -0.1) is 0 Å². The third kappa shape index (κ3) is 5.55. The van der Waals surface area contributed by atoms with E-state index < -0.39 is 29.6 Å². The molecule has 1 unspecified atom stereocenters. The molecule has 1 atom stereocenters. The van der Waals surface area contributed by atoms with Crippen LogP contribution in [0.2, 0.25) is 5.02 Å². The molecule has 1 amide bonds. The van der Waals surface area contributed by atoms with Crippen LogP contribution >= 0.6 is 11.6 Å². The van der Waals surface area contributed by atoms with Gasteiger partial charge in [0.05, 0.1) is 16.4 Å². The highest BCUT2D eigenvalue weighted by Crippen LogP contribution is 2.25. The summed E-state index contributed by atoms with van der Waals surface area (Å²) in [4.78, 5) is 23.3. The number of alkyl halides is 3. The summed E-state index contributed by atoms with van der Waals surface area (Å²) in [6.45, 7) is 0.841. The maximum absolute atomic E-state index is 13.3. The largest absolute Gasteiger partial charge is 0.405 e. The molecule has 0 aliphatic carbocycles. The maximum Gasteiger partial charge on any atom is 0.405 e. The van der Waals surface area contributed by atoms with E-state index in [-0.39, 0.29) is 30.2 Å². The van der Waals surface area contributed by atoms with Crippen LogP contribution in [0.1, 0.15) is 5.56 Å². The van der Waals surface area contributed by atoms with E-state index in [2.05, 4.69) is 10.6 Å². The highest BCUT2D eigenvalue weighted by molar-refractivity contribution is 6.31. The van der Waals surface area contributed by atoms with Gasteiger partial charge < -0.3 is 10.6 Å². The fourth-order valence-corrected chi connectivity index (χ4v) is 2.93. The Kier molecular flexibility index (Phi) is 6.79. The minimum Gasteiger partial charge on any atom is -0.354 e. The Balaban J connectivity index is 1.96. The Bertz CT molecular complexity index is 666. The Morgan fingerprint density at radius 3 is 2.58 bits per heavy atom. The fraction of sp³-hybridized carbons (Fsp3) is 0.533. The van der Waals surface area contributed by atoms with Crippen LogP contribution in [0, 0.1) is 10.1 Å². The minimum atomic E-state index is -4.46. The number of non-ortho nitro benzene ring substituents is 1. The molecule has 0 spiro atoms. The Hall–Kier alpha value is -1.91. The van der Waals surface area contributed by atoms with Gasteiger partial charge in [0.2, 0.25) is 5.91 Å². The van der Waals surface area contributed by atoms with E-state index in [0.717, 1.165) is 6.07 Å². The number of carbonyl (C=O) groups is 1. The van der Waals surface area contributed by atoms with Crippen molar-refractivity contribution in [2.24, 2.45) is 0 Å². The van der Waals surface area contributed by atoms with Crippen molar-refractivity contribution in [1.29, 1.82) is 0 Å². The number of hydrogen-bond donors (Lipinski definition) is 2. The number of halogens is 4. The number of amides is 1. The van der Waals surface area contributed by atoms with Gasteiger partial charge in [-0.2, -0.15) is 13.2 Å². The SMILES string of the molecule is O=C(Cc1ccc([N+](=O)[O-])cc1Cl)NCC(N1CCNCC1)C(F)(F)F. The van der Waals surface area contributed by atoms with Gasteiger partial charge in [0.15, 0.2) is 0 Å². The first-order valence-electron chi connectivity index (χ1n) is 7.89. The van der Waals surface area contributed by atoms with Crippen LogP contribution in [0.25, 0.3) is 0 Å². The number of nitrogens with zero attached hydrogens (tertiary/aromatic N) is 2. The molecule has 144 valence electrons. The number of nitrogens with one attached hydrogen (secondary N) is 2. The predicted molar refractivity (Wildman–Crippen MR) is 89.1 cm³/mol. The summed E-state index contributed by atoms with van der Waals surface area (Å²) in [6, 6.07) is 1.84. The average Bonchev–Trinajstić information content (AvgIpc) is 2.56. The summed E-state index contributed by atoms with van der Waals surface area (Å²) in [5, 5.41) is 15.9. The molecule has 1 heterocycles. The molecular weight excluding hydrogens is 377 g/mol. The van der Waals surface area contributed by atoms with Crippen molar-refractivity contribution in [1.82, 2.24) is 15.5 Å². The minimum absolute atomic E-state index is 0.0174. The van der Waals surface area contributed by atoms with Gasteiger partial charge in [-0.05, 0) is 5.56 Å². The number of carbonyl (C=O) groups excluding carboxylic acids is 1. The zero-order chi connectivity index (χ0) is 19.3. The molecule has 1 aliphatic heterocycles. The van der Waals surface area contributed by atoms with Crippen LogP contribution < -0.4 is 10.6 Å². The first-order valence-corrected chi connectivity index (χ1v) is 8.27. The van der Waals surface area contributed by atoms with Gasteiger partial charge >= 0.3 is 6.18 Å². The molecule has 2 N–H and O–H groups in total. The van der Waals surface area contributed by atoms with E-state index in [4.69, 9.17) is 11.6 Å². The van der Waals surface area contributed by atoms with Crippen LogP contribution in [0.4, 0.5) is 18.9 Å². The topological polar surface area (TPSA) is 87.5 Å². The van der Waals surface area contributed by atoms with Gasteiger partial charge in [-0.25, -0.2) is 0 Å². The summed E-state index contributed by atoms with van der Waals surface area (Å²) in [5.41, 5.74) is 0.0792. The first-order chi connectivity index (χ1) is 12.2. The second kappa shape index (κ2) is 8.65.